The highest BCUT2D eigenvalue weighted by Gasteiger charge is 2.24. The van der Waals surface area contributed by atoms with Crippen LogP contribution in [-0.2, 0) is 19.4 Å². The molecule has 0 saturated carbocycles. The number of carbonyl (C=O) groups is 1. The molecule has 7 nitrogen and oxygen atoms in total. The zero-order valence-electron chi connectivity index (χ0n) is 17.4. The predicted molar refractivity (Wildman–Crippen MR) is 115 cm³/mol. The zero-order valence-corrected chi connectivity index (χ0v) is 17.4. The van der Waals surface area contributed by atoms with E-state index >= 15 is 0 Å². The summed E-state index contributed by atoms with van der Waals surface area (Å²) in [5, 5.41) is 8.30. The van der Waals surface area contributed by atoms with Gasteiger partial charge >= 0.3 is 0 Å². The number of amides is 1. The van der Waals surface area contributed by atoms with Crippen molar-refractivity contribution in [3.63, 3.8) is 0 Å². The van der Waals surface area contributed by atoms with Crippen LogP contribution in [0.15, 0.2) is 41.2 Å². The second kappa shape index (κ2) is 8.18. The lowest BCUT2D eigenvalue weighted by Gasteiger charge is -2.25. The van der Waals surface area contributed by atoms with Crippen LogP contribution >= 0.6 is 0 Å². The van der Waals surface area contributed by atoms with Gasteiger partial charge in [0.2, 0.25) is 0 Å². The molecule has 30 heavy (non-hydrogen) atoms. The van der Waals surface area contributed by atoms with Gasteiger partial charge in [-0.3, -0.25) is 9.59 Å². The number of aromatic nitrogens is 2. The van der Waals surface area contributed by atoms with E-state index in [9.17, 15) is 9.59 Å². The van der Waals surface area contributed by atoms with Crippen LogP contribution in [0.5, 0.6) is 11.5 Å². The Bertz CT molecular complexity index is 1170. The predicted octanol–water partition coefficient (Wildman–Crippen LogP) is 2.72. The number of nitrogens with one attached hydrogen (secondary N) is 1. The van der Waals surface area contributed by atoms with Crippen LogP contribution in [0.4, 0.5) is 0 Å². The standard InChI is InChI=1S/C23H25N3O4/c1-4-26-23(28)18-13-20(30-3)19(29-2)12-17(18)21(25-26)22(27)24-16-10-9-14-7-5-6-8-15(14)11-16/h5-8,12-13,16H,4,9-11H2,1-3H3,(H,24,27). The number of rotatable bonds is 5. The van der Waals surface area contributed by atoms with Crippen molar-refractivity contribution in [2.75, 3.05) is 14.2 Å². The van der Waals surface area contributed by atoms with Crippen LogP contribution in [0.1, 0.15) is 35.0 Å². The molecule has 1 aliphatic rings. The van der Waals surface area contributed by atoms with Gasteiger partial charge in [0, 0.05) is 18.0 Å². The van der Waals surface area contributed by atoms with Gasteiger partial charge in [0.1, 0.15) is 0 Å². The fourth-order valence-corrected chi connectivity index (χ4v) is 4.07. The van der Waals surface area contributed by atoms with Gasteiger partial charge in [-0.15, -0.1) is 0 Å². The van der Waals surface area contributed by atoms with Crippen LogP contribution in [0, 0.1) is 0 Å². The Labute approximate surface area is 174 Å². The van der Waals surface area contributed by atoms with Gasteiger partial charge in [-0.25, -0.2) is 4.68 Å². The quantitative estimate of drug-likeness (QED) is 0.703. The number of hydrogen-bond acceptors (Lipinski definition) is 5. The molecule has 156 valence electrons. The van der Waals surface area contributed by atoms with E-state index in [2.05, 4.69) is 22.5 Å². The number of hydrogen-bond donors (Lipinski definition) is 1. The van der Waals surface area contributed by atoms with E-state index < -0.39 is 0 Å². The summed E-state index contributed by atoms with van der Waals surface area (Å²) in [7, 11) is 3.03. The molecule has 2 aromatic carbocycles. The lowest BCUT2D eigenvalue weighted by Crippen LogP contribution is -2.40. The molecule has 7 heteroatoms. The fraction of sp³-hybridized carbons (Fsp3) is 0.348. The lowest BCUT2D eigenvalue weighted by molar-refractivity contribution is 0.0928. The van der Waals surface area contributed by atoms with Crippen molar-refractivity contribution in [3.05, 3.63) is 63.6 Å². The lowest BCUT2D eigenvalue weighted by atomic mass is 9.88. The van der Waals surface area contributed by atoms with Crippen LogP contribution in [0.3, 0.4) is 0 Å². The molecule has 1 aromatic heterocycles. The number of aryl methyl sites for hydroxylation is 2. The van der Waals surface area contributed by atoms with E-state index in [1.165, 1.54) is 30.0 Å². The number of nitrogens with zero attached hydrogens (tertiary/aromatic N) is 2. The van der Waals surface area contributed by atoms with E-state index in [1.54, 1.807) is 12.1 Å². The number of methoxy groups -OCH3 is 2. The van der Waals surface area contributed by atoms with Gasteiger partial charge in [0.25, 0.3) is 11.5 Å². The third-order valence-electron chi connectivity index (χ3n) is 5.66. The molecule has 1 N–H and O–H groups in total. The molecule has 0 spiro atoms. The first kappa shape index (κ1) is 19.9. The highest BCUT2D eigenvalue weighted by Crippen LogP contribution is 2.32. The van der Waals surface area contributed by atoms with Gasteiger partial charge in [-0.05, 0) is 49.4 Å². The maximum Gasteiger partial charge on any atom is 0.274 e. The number of ether oxygens (including phenoxy) is 2. The molecule has 4 rings (SSSR count). The fourth-order valence-electron chi connectivity index (χ4n) is 4.07. The first-order chi connectivity index (χ1) is 14.5. The minimum atomic E-state index is -0.293. The summed E-state index contributed by atoms with van der Waals surface area (Å²) in [6.07, 6.45) is 2.57. The molecular weight excluding hydrogens is 382 g/mol. The van der Waals surface area contributed by atoms with Gasteiger partial charge < -0.3 is 14.8 Å². The smallest absolute Gasteiger partial charge is 0.274 e. The van der Waals surface area contributed by atoms with Crippen molar-refractivity contribution in [1.29, 1.82) is 0 Å². The highest BCUT2D eigenvalue weighted by atomic mass is 16.5. The largest absolute Gasteiger partial charge is 0.493 e. The third kappa shape index (κ3) is 3.51. The van der Waals surface area contributed by atoms with Crippen molar-refractivity contribution in [3.8, 4) is 11.5 Å². The Balaban J connectivity index is 1.73. The summed E-state index contributed by atoms with van der Waals surface area (Å²) in [6, 6.07) is 11.6. The third-order valence-corrected chi connectivity index (χ3v) is 5.66. The van der Waals surface area contributed by atoms with Gasteiger partial charge in [-0.2, -0.15) is 5.10 Å². The minimum absolute atomic E-state index is 0.0198. The topological polar surface area (TPSA) is 82.5 Å². The van der Waals surface area contributed by atoms with E-state index in [0.717, 1.165) is 19.3 Å². The summed E-state index contributed by atoms with van der Waals surface area (Å²) in [5.41, 5.74) is 2.54. The van der Waals surface area contributed by atoms with Crippen LogP contribution in [0.2, 0.25) is 0 Å². The van der Waals surface area contributed by atoms with Crippen molar-refractivity contribution in [2.45, 2.75) is 38.8 Å². The average molecular weight is 407 g/mol. The normalized spacial score (nSPS) is 15.5. The Hall–Kier alpha value is -3.35. The van der Waals surface area contributed by atoms with E-state index in [4.69, 9.17) is 9.47 Å². The molecule has 0 saturated heterocycles. The van der Waals surface area contributed by atoms with Crippen molar-refractivity contribution < 1.29 is 14.3 Å². The summed E-state index contributed by atoms with van der Waals surface area (Å²) < 4.78 is 12.0. The van der Waals surface area contributed by atoms with Gasteiger partial charge in [0.05, 0.1) is 19.6 Å². The Morgan fingerprint density at radius 2 is 1.80 bits per heavy atom. The monoisotopic (exact) mass is 407 g/mol. The second-order valence-electron chi connectivity index (χ2n) is 7.40. The second-order valence-corrected chi connectivity index (χ2v) is 7.40. The number of benzene rings is 2. The molecule has 1 unspecified atom stereocenters. The molecule has 0 fully saturated rings. The van der Waals surface area contributed by atoms with Crippen molar-refractivity contribution in [1.82, 2.24) is 15.1 Å². The molecule has 0 aliphatic heterocycles. The highest BCUT2D eigenvalue weighted by molar-refractivity contribution is 6.05. The average Bonchev–Trinajstić information content (AvgIpc) is 2.78. The Morgan fingerprint density at radius 1 is 1.13 bits per heavy atom. The van der Waals surface area contributed by atoms with E-state index in [0.29, 0.717) is 28.8 Å². The van der Waals surface area contributed by atoms with E-state index in [1.807, 2.05) is 19.1 Å². The zero-order chi connectivity index (χ0) is 21.3. The van der Waals surface area contributed by atoms with Gasteiger partial charge in [0.15, 0.2) is 17.2 Å². The first-order valence-electron chi connectivity index (χ1n) is 10.1. The minimum Gasteiger partial charge on any atom is -0.493 e. The molecule has 1 aliphatic carbocycles. The molecular formula is C23H25N3O4. The first-order valence-corrected chi connectivity index (χ1v) is 10.1. The molecule has 3 aromatic rings. The summed E-state index contributed by atoms with van der Waals surface area (Å²) in [5.74, 6) is 0.589. The molecule has 1 amide bonds. The molecule has 0 radical (unpaired) electrons. The van der Waals surface area contributed by atoms with E-state index in [-0.39, 0.29) is 23.2 Å². The number of carbonyl (C=O) groups excluding carboxylic acids is 1. The molecule has 0 bridgehead atoms. The SMILES string of the molecule is CCn1nc(C(=O)NC2CCc3ccccc3C2)c2cc(OC)c(OC)cc2c1=O. The van der Waals surface area contributed by atoms with Gasteiger partial charge in [-0.1, -0.05) is 24.3 Å². The van der Waals surface area contributed by atoms with Crippen LogP contribution in [-0.4, -0.2) is 35.9 Å². The molecule has 1 atom stereocenters. The maximum absolute atomic E-state index is 13.2. The Morgan fingerprint density at radius 3 is 2.47 bits per heavy atom. The molecule has 1 heterocycles. The summed E-state index contributed by atoms with van der Waals surface area (Å²) in [6.45, 7) is 2.18. The van der Waals surface area contributed by atoms with Crippen molar-refractivity contribution >= 4 is 16.7 Å². The summed E-state index contributed by atoms with van der Waals surface area (Å²) in [4.78, 5) is 26.0. The maximum atomic E-state index is 13.2. The van der Waals surface area contributed by atoms with Crippen LogP contribution in [0.25, 0.3) is 10.8 Å². The Kier molecular flexibility index (Phi) is 5.44. The summed E-state index contributed by atoms with van der Waals surface area (Å²) >= 11 is 0. The van der Waals surface area contributed by atoms with Crippen molar-refractivity contribution in [2.24, 2.45) is 0 Å². The number of fused-ring (bicyclic) bond motifs is 2. The van der Waals surface area contributed by atoms with Crippen LogP contribution < -0.4 is 20.3 Å².